The number of rotatable bonds is 26. The van der Waals surface area contributed by atoms with E-state index < -0.39 is 0 Å². The highest BCUT2D eigenvalue weighted by Crippen LogP contribution is 2.52. The van der Waals surface area contributed by atoms with Gasteiger partial charge in [-0.05, 0) is 196 Å². The van der Waals surface area contributed by atoms with Crippen molar-refractivity contribution in [1.29, 1.82) is 0 Å². The molecule has 2 atom stereocenters. The van der Waals surface area contributed by atoms with Crippen molar-refractivity contribution in [2.24, 2.45) is 11.8 Å². The van der Waals surface area contributed by atoms with E-state index in [0.717, 1.165) is 70.6 Å². The maximum Gasteiger partial charge on any atom is 0.494 e. The molecule has 16 heteroatoms. The van der Waals surface area contributed by atoms with Crippen LogP contribution < -0.4 is 10.9 Å². The molecular weight excluding hydrogens is 1230 g/mol. The number of benzene rings is 1. The average Bonchev–Trinajstić information content (AvgIpc) is 4.41. The second-order valence-electron chi connectivity index (χ2n) is 25.4. The minimum absolute atomic E-state index is 0.0275. The highest BCUT2D eigenvalue weighted by atomic mass is 79.9. The van der Waals surface area contributed by atoms with Gasteiger partial charge in [0.05, 0.1) is 62.3 Å². The Bertz CT molecular complexity index is 2820. The Balaban J connectivity index is 0.000000304. The van der Waals surface area contributed by atoms with Crippen LogP contribution in [0.5, 0.6) is 0 Å². The van der Waals surface area contributed by atoms with E-state index in [4.69, 9.17) is 18.6 Å². The molecule has 2 fully saturated rings. The molecule has 0 bridgehead atoms. The molecule has 8 nitrogen and oxygen atoms in total. The number of hydrogen-bond acceptors (Lipinski definition) is 10. The third-order valence-electron chi connectivity index (χ3n) is 17.5. The van der Waals surface area contributed by atoms with Gasteiger partial charge in [0.25, 0.3) is 11.8 Å². The van der Waals surface area contributed by atoms with Crippen molar-refractivity contribution in [3.8, 4) is 19.5 Å². The molecule has 0 aliphatic carbocycles. The van der Waals surface area contributed by atoms with E-state index in [2.05, 4.69) is 165 Å². The van der Waals surface area contributed by atoms with Gasteiger partial charge in [-0.15, -0.1) is 45.3 Å². The second-order valence-corrected chi connectivity index (χ2v) is 32.3. The molecule has 444 valence electrons. The Kier molecular flexibility index (Phi) is 22.3. The Morgan fingerprint density at radius 2 is 0.780 bits per heavy atom. The lowest BCUT2D eigenvalue weighted by atomic mass is 9.74. The predicted octanol–water partition coefficient (Wildman–Crippen LogP) is 18.8. The summed E-state index contributed by atoms with van der Waals surface area (Å²) in [6.07, 6.45) is 19.0. The maximum absolute atomic E-state index is 15.0. The smallest absolute Gasteiger partial charge is 0.399 e. The molecule has 9 rings (SSSR count). The molecule has 4 aliphatic heterocycles. The van der Waals surface area contributed by atoms with Crippen LogP contribution in [0.15, 0.2) is 79.4 Å². The zero-order chi connectivity index (χ0) is 59.3. The molecule has 2 unspecified atom stereocenters. The summed E-state index contributed by atoms with van der Waals surface area (Å²) in [4.78, 5) is 40.8. The topological polar surface area (TPSA) is 77.5 Å². The number of fused-ring (bicyclic) bond motifs is 1. The van der Waals surface area contributed by atoms with Crippen molar-refractivity contribution < 1.29 is 28.2 Å². The van der Waals surface area contributed by atoms with Gasteiger partial charge in [0, 0.05) is 32.6 Å². The van der Waals surface area contributed by atoms with Crippen LogP contribution in [0.25, 0.3) is 30.9 Å². The third kappa shape index (κ3) is 14.7. The Morgan fingerprint density at radius 1 is 0.451 bits per heavy atom. The average molecular weight is 1320 g/mol. The summed E-state index contributed by atoms with van der Waals surface area (Å²) >= 11 is 14.8. The van der Waals surface area contributed by atoms with Gasteiger partial charge in [-0.25, -0.2) is 0 Å². The van der Waals surface area contributed by atoms with Gasteiger partial charge in [0.2, 0.25) is 0 Å². The normalized spacial score (nSPS) is 18.8. The summed E-state index contributed by atoms with van der Waals surface area (Å²) < 4.78 is 26.8. The van der Waals surface area contributed by atoms with Crippen LogP contribution in [0.3, 0.4) is 0 Å². The van der Waals surface area contributed by atoms with E-state index in [1.54, 1.807) is 45.3 Å². The molecule has 5 aromatic rings. The molecule has 4 aromatic heterocycles. The van der Waals surface area contributed by atoms with Crippen molar-refractivity contribution in [3.05, 3.63) is 100 Å². The number of amides is 2. The van der Waals surface area contributed by atoms with E-state index in [1.165, 1.54) is 102 Å². The fourth-order valence-electron chi connectivity index (χ4n) is 11.2. The lowest BCUT2D eigenvalue weighted by Crippen LogP contribution is -2.41. The van der Waals surface area contributed by atoms with Crippen LogP contribution in [0.2, 0.25) is 0 Å². The fourth-order valence-corrected chi connectivity index (χ4v) is 17.1. The summed E-state index contributed by atoms with van der Waals surface area (Å²) in [5.41, 5.74) is 6.25. The van der Waals surface area contributed by atoms with Crippen molar-refractivity contribution in [3.63, 3.8) is 0 Å². The largest absolute Gasteiger partial charge is 0.494 e. The van der Waals surface area contributed by atoms with Gasteiger partial charge in [0.1, 0.15) is 0 Å². The molecule has 8 heterocycles. The summed E-state index contributed by atoms with van der Waals surface area (Å²) in [7, 11) is -0.690. The molecule has 0 spiro atoms. The number of aryl methyl sites for hydroxylation is 2. The van der Waals surface area contributed by atoms with E-state index >= 15 is 9.59 Å². The van der Waals surface area contributed by atoms with Gasteiger partial charge < -0.3 is 28.4 Å². The minimum Gasteiger partial charge on any atom is -0.399 e. The second kappa shape index (κ2) is 28.0. The van der Waals surface area contributed by atoms with E-state index in [0.29, 0.717) is 36.1 Å². The Morgan fingerprint density at radius 3 is 1.11 bits per heavy atom. The lowest BCUT2D eigenvalue weighted by Gasteiger charge is -2.32. The SMILES string of the molecule is CC1(C)OB(c2ccc(B3OC(C)(C)C(C)(C)O3)cc2)OC1(C)C.CCCCCCCc1cc(-c2ccc(C3=C4C(=O)N(CC(C)CCC)C(c5ccc(-c6cc(CCCCCCC)c(Br)s6)s5)=C4C(=O)N3CC(C)CCC)s2)sc1Br. The number of hydrogen-bond donors (Lipinski definition) is 0. The first kappa shape index (κ1) is 65.3. The van der Waals surface area contributed by atoms with Gasteiger partial charge in [-0.1, -0.05) is 130 Å². The van der Waals surface area contributed by atoms with Crippen LogP contribution in [0, 0.1) is 11.8 Å². The summed E-state index contributed by atoms with van der Waals surface area (Å²) in [5, 5.41) is 0. The maximum atomic E-state index is 15.0. The number of halogens is 2. The first-order chi connectivity index (χ1) is 38.9. The lowest BCUT2D eigenvalue weighted by molar-refractivity contribution is -0.124. The van der Waals surface area contributed by atoms with Crippen molar-refractivity contribution in [1.82, 2.24) is 9.80 Å². The van der Waals surface area contributed by atoms with Crippen LogP contribution in [-0.2, 0) is 41.0 Å². The molecule has 82 heavy (non-hydrogen) atoms. The Labute approximate surface area is 526 Å². The molecule has 2 saturated heterocycles. The predicted molar refractivity (Wildman–Crippen MR) is 359 cm³/mol. The Hall–Kier alpha value is -2.63. The number of nitrogens with zero attached hydrogens (tertiary/aromatic N) is 2. The van der Waals surface area contributed by atoms with Crippen LogP contribution >= 0.6 is 77.2 Å². The number of thiophene rings is 4. The fraction of sp³-hybridized carbons (Fsp3) is 0.576. The highest BCUT2D eigenvalue weighted by molar-refractivity contribution is 9.11. The third-order valence-corrected chi connectivity index (χ3v) is 24.0. The van der Waals surface area contributed by atoms with Gasteiger partial charge in [-0.2, -0.15) is 0 Å². The quantitative estimate of drug-likeness (QED) is 0.0406. The number of unbranched alkanes of at least 4 members (excludes halogenated alkanes) is 8. The first-order valence-electron chi connectivity index (χ1n) is 30.7. The van der Waals surface area contributed by atoms with Crippen molar-refractivity contribution in [2.45, 2.75) is 222 Å². The molecule has 4 aliphatic rings. The van der Waals surface area contributed by atoms with Crippen LogP contribution in [0.1, 0.15) is 208 Å². The van der Waals surface area contributed by atoms with Crippen molar-refractivity contribution >= 4 is 126 Å². The number of carbonyl (C=O) groups excluding carboxylic acids is 2. The summed E-state index contributed by atoms with van der Waals surface area (Å²) in [6.45, 7) is 31.1. The molecule has 1 aromatic carbocycles. The first-order valence-corrected chi connectivity index (χ1v) is 35.5. The van der Waals surface area contributed by atoms with E-state index in [-0.39, 0.29) is 48.5 Å². The minimum atomic E-state index is -0.345. The summed E-state index contributed by atoms with van der Waals surface area (Å²) in [5.74, 6) is 0.560. The molecule has 0 radical (unpaired) electrons. The molecule has 0 saturated carbocycles. The van der Waals surface area contributed by atoms with Gasteiger partial charge in [0.15, 0.2) is 0 Å². The van der Waals surface area contributed by atoms with E-state index in [9.17, 15) is 0 Å². The van der Waals surface area contributed by atoms with Crippen LogP contribution in [-0.4, -0.2) is 71.3 Å². The van der Waals surface area contributed by atoms with Crippen LogP contribution in [0.4, 0.5) is 0 Å². The summed E-state index contributed by atoms with van der Waals surface area (Å²) in [6, 6.07) is 21.5. The van der Waals surface area contributed by atoms with E-state index in [1.807, 2.05) is 34.1 Å². The zero-order valence-corrected chi connectivity index (χ0v) is 58.0. The van der Waals surface area contributed by atoms with Crippen molar-refractivity contribution in [2.75, 3.05) is 13.1 Å². The molecule has 0 N–H and O–H groups in total. The standard InChI is InChI=1S/C48H62Br2N2O2S4.C18H28B2O4/c1-7-11-13-15-17-21-33-27-39(57-45(33)49)35-23-25-37(55-35)43-41-42(48(54)51(43)29-31(5)19-9-3)44(52(47(41)53)30-32(6)20-10-4)38-26-24-36(56-38)40-28-34(46(50)58-40)22-18-16-14-12-8-2;1-15(2)16(3,4)22-19(21-15)13-9-11-14(12-10-13)20-23-17(5,6)18(7,8)24-20/h23-28,31-32H,7-22,29-30H2,1-6H3;9-12H,1-8H3. The van der Waals surface area contributed by atoms with Gasteiger partial charge in [-0.3, -0.25) is 9.59 Å². The molecular formula is C66H90B2Br2N2O6S4. The van der Waals surface area contributed by atoms with Gasteiger partial charge >= 0.3 is 14.2 Å². The zero-order valence-electron chi connectivity index (χ0n) is 51.5. The molecule has 2 amide bonds. The number of carbonyl (C=O) groups is 2. The monoisotopic (exact) mass is 1310 g/mol. The highest BCUT2D eigenvalue weighted by Gasteiger charge is 2.54.